The molecule has 0 unspecified atom stereocenters. The van der Waals surface area contributed by atoms with Crippen LogP contribution in [0.3, 0.4) is 0 Å². The second kappa shape index (κ2) is 7.60. The lowest BCUT2D eigenvalue weighted by Crippen LogP contribution is -1.92. The second-order valence-electron chi connectivity index (χ2n) is 5.54. The molecule has 0 aliphatic carbocycles. The SMILES string of the molecule is CC.CCc1ncc(-c2cc3[nH]c(C(C)C)cc3cc2Cl)cn1. The van der Waals surface area contributed by atoms with Gasteiger partial charge in [0.05, 0.1) is 0 Å². The first kappa shape index (κ1) is 17.5. The minimum Gasteiger partial charge on any atom is -0.358 e. The smallest absolute Gasteiger partial charge is 0.127 e. The number of aromatic amines is 1. The van der Waals surface area contributed by atoms with Crippen molar-refractivity contribution in [2.24, 2.45) is 0 Å². The summed E-state index contributed by atoms with van der Waals surface area (Å²) in [5, 5.41) is 1.86. The van der Waals surface area contributed by atoms with Crippen LogP contribution in [0.1, 0.15) is 52.1 Å². The highest BCUT2D eigenvalue weighted by Gasteiger charge is 2.10. The van der Waals surface area contributed by atoms with Gasteiger partial charge in [-0.2, -0.15) is 0 Å². The Morgan fingerprint density at radius 3 is 2.30 bits per heavy atom. The van der Waals surface area contributed by atoms with E-state index in [2.05, 4.69) is 40.9 Å². The van der Waals surface area contributed by atoms with Crippen molar-refractivity contribution < 1.29 is 0 Å². The Hall–Kier alpha value is -1.87. The minimum atomic E-state index is 0.465. The first-order chi connectivity index (χ1) is 11.1. The molecule has 0 aliphatic heterocycles. The molecular weight excluding hydrogens is 306 g/mol. The van der Waals surface area contributed by atoms with Crippen LogP contribution >= 0.6 is 11.6 Å². The average Bonchev–Trinajstić information content (AvgIpc) is 2.99. The Morgan fingerprint density at radius 2 is 1.74 bits per heavy atom. The summed E-state index contributed by atoms with van der Waals surface area (Å²) in [5.41, 5.74) is 4.22. The third-order valence-electron chi connectivity index (χ3n) is 3.68. The molecule has 0 fully saturated rings. The molecule has 3 rings (SSSR count). The van der Waals surface area contributed by atoms with Crippen LogP contribution < -0.4 is 0 Å². The summed E-state index contributed by atoms with van der Waals surface area (Å²) in [6, 6.07) is 6.24. The van der Waals surface area contributed by atoms with Crippen LogP contribution in [0.4, 0.5) is 0 Å². The molecule has 0 radical (unpaired) electrons. The molecule has 0 saturated heterocycles. The third kappa shape index (κ3) is 3.73. The fourth-order valence-corrected chi connectivity index (χ4v) is 2.67. The fraction of sp³-hybridized carbons (Fsp3) is 0.368. The van der Waals surface area contributed by atoms with E-state index in [1.165, 1.54) is 5.69 Å². The Labute approximate surface area is 143 Å². The molecule has 2 heterocycles. The summed E-state index contributed by atoms with van der Waals surface area (Å²) in [5.74, 6) is 1.31. The van der Waals surface area contributed by atoms with Crippen LogP contribution in [0.2, 0.25) is 5.02 Å². The lowest BCUT2D eigenvalue weighted by atomic mass is 10.1. The van der Waals surface area contributed by atoms with Crippen molar-refractivity contribution in [3.05, 3.63) is 47.1 Å². The fourth-order valence-electron chi connectivity index (χ4n) is 2.38. The minimum absolute atomic E-state index is 0.465. The van der Waals surface area contributed by atoms with Gasteiger partial charge in [0.15, 0.2) is 0 Å². The highest BCUT2D eigenvalue weighted by atomic mass is 35.5. The molecule has 4 heteroatoms. The van der Waals surface area contributed by atoms with Crippen molar-refractivity contribution in [2.45, 2.75) is 47.0 Å². The molecule has 1 aromatic carbocycles. The number of nitrogens with zero attached hydrogens (tertiary/aromatic N) is 2. The number of benzene rings is 1. The molecule has 0 spiro atoms. The first-order valence-corrected chi connectivity index (χ1v) is 8.59. The molecule has 0 amide bonds. The monoisotopic (exact) mass is 329 g/mol. The maximum absolute atomic E-state index is 6.43. The number of aryl methyl sites for hydroxylation is 1. The Balaban J connectivity index is 0.000000924. The number of hydrogen-bond donors (Lipinski definition) is 1. The first-order valence-electron chi connectivity index (χ1n) is 8.22. The number of aromatic nitrogens is 3. The maximum atomic E-state index is 6.43. The zero-order chi connectivity index (χ0) is 17.0. The Kier molecular flexibility index (Phi) is 5.78. The van der Waals surface area contributed by atoms with Gasteiger partial charge in [-0.1, -0.05) is 46.2 Å². The summed E-state index contributed by atoms with van der Waals surface area (Å²) >= 11 is 6.43. The van der Waals surface area contributed by atoms with Gasteiger partial charge in [-0.15, -0.1) is 0 Å². The summed E-state index contributed by atoms with van der Waals surface area (Å²) < 4.78 is 0. The van der Waals surface area contributed by atoms with Crippen LogP contribution in [-0.2, 0) is 6.42 Å². The average molecular weight is 330 g/mol. The second-order valence-corrected chi connectivity index (χ2v) is 5.95. The van der Waals surface area contributed by atoms with Crippen molar-refractivity contribution >= 4 is 22.5 Å². The number of nitrogens with one attached hydrogen (secondary N) is 1. The molecule has 122 valence electrons. The lowest BCUT2D eigenvalue weighted by molar-refractivity contribution is 0.836. The molecular formula is C19H24ClN3. The number of rotatable bonds is 3. The topological polar surface area (TPSA) is 41.6 Å². The van der Waals surface area contributed by atoms with Gasteiger partial charge < -0.3 is 4.98 Å². The van der Waals surface area contributed by atoms with Gasteiger partial charge in [-0.05, 0) is 24.1 Å². The molecule has 0 bridgehead atoms. The number of fused-ring (bicyclic) bond motifs is 1. The van der Waals surface area contributed by atoms with E-state index in [4.69, 9.17) is 11.6 Å². The summed E-state index contributed by atoms with van der Waals surface area (Å²) in [6.45, 7) is 10.4. The lowest BCUT2D eigenvalue weighted by Gasteiger charge is -2.05. The number of halogens is 1. The summed E-state index contributed by atoms with van der Waals surface area (Å²) in [4.78, 5) is 12.2. The van der Waals surface area contributed by atoms with E-state index in [0.29, 0.717) is 5.92 Å². The molecule has 2 aromatic heterocycles. The molecule has 0 aliphatic rings. The molecule has 1 N–H and O–H groups in total. The predicted molar refractivity (Wildman–Crippen MR) is 99.1 cm³/mol. The van der Waals surface area contributed by atoms with Crippen LogP contribution in [0, 0.1) is 0 Å². The van der Waals surface area contributed by atoms with Crippen LogP contribution in [0.15, 0.2) is 30.6 Å². The molecule has 23 heavy (non-hydrogen) atoms. The van der Waals surface area contributed by atoms with E-state index in [1.807, 2.05) is 39.2 Å². The predicted octanol–water partition coefficient (Wildman–Crippen LogP) is 5.99. The third-order valence-corrected chi connectivity index (χ3v) is 4.00. The molecule has 3 nitrogen and oxygen atoms in total. The van der Waals surface area contributed by atoms with Gasteiger partial charge in [-0.25, -0.2) is 9.97 Å². The van der Waals surface area contributed by atoms with Crippen molar-refractivity contribution in [3.63, 3.8) is 0 Å². The molecule has 0 atom stereocenters. The van der Waals surface area contributed by atoms with E-state index < -0.39 is 0 Å². The van der Waals surface area contributed by atoms with Crippen molar-refractivity contribution in [2.75, 3.05) is 0 Å². The van der Waals surface area contributed by atoms with Gasteiger partial charge >= 0.3 is 0 Å². The Bertz CT molecular complexity index is 773. The van der Waals surface area contributed by atoms with E-state index in [9.17, 15) is 0 Å². The van der Waals surface area contributed by atoms with E-state index in [-0.39, 0.29) is 0 Å². The van der Waals surface area contributed by atoms with E-state index >= 15 is 0 Å². The van der Waals surface area contributed by atoms with E-state index in [0.717, 1.165) is 39.3 Å². The van der Waals surface area contributed by atoms with Gasteiger partial charge in [0.25, 0.3) is 0 Å². The number of H-pyrrole nitrogens is 1. The standard InChI is InChI=1S/C17H18ClN3.C2H6/c1-4-17-19-8-12(9-20-17)13-7-16-11(5-14(13)18)6-15(21-16)10(2)3;1-2/h5-10,21H,4H2,1-3H3;1-2H3. The van der Waals surface area contributed by atoms with Crippen molar-refractivity contribution in [1.82, 2.24) is 15.0 Å². The Morgan fingerprint density at radius 1 is 1.09 bits per heavy atom. The normalized spacial score (nSPS) is 10.7. The summed E-state index contributed by atoms with van der Waals surface area (Å²) in [6.07, 6.45) is 4.51. The van der Waals surface area contributed by atoms with Gasteiger partial charge in [0.1, 0.15) is 5.82 Å². The van der Waals surface area contributed by atoms with Gasteiger partial charge in [-0.3, -0.25) is 0 Å². The van der Waals surface area contributed by atoms with Crippen molar-refractivity contribution in [1.29, 1.82) is 0 Å². The quantitative estimate of drug-likeness (QED) is 0.641. The number of hydrogen-bond acceptors (Lipinski definition) is 2. The zero-order valence-corrected chi connectivity index (χ0v) is 15.2. The highest BCUT2D eigenvalue weighted by molar-refractivity contribution is 6.34. The zero-order valence-electron chi connectivity index (χ0n) is 14.4. The van der Waals surface area contributed by atoms with Gasteiger partial charge in [0.2, 0.25) is 0 Å². The maximum Gasteiger partial charge on any atom is 0.127 e. The largest absolute Gasteiger partial charge is 0.358 e. The van der Waals surface area contributed by atoms with Crippen molar-refractivity contribution in [3.8, 4) is 11.1 Å². The van der Waals surface area contributed by atoms with Gasteiger partial charge in [0, 0.05) is 51.6 Å². The van der Waals surface area contributed by atoms with E-state index in [1.54, 1.807) is 0 Å². The summed E-state index contributed by atoms with van der Waals surface area (Å²) in [7, 11) is 0. The molecule has 3 aromatic rings. The van der Waals surface area contributed by atoms with Crippen LogP contribution in [0.25, 0.3) is 22.0 Å². The molecule has 0 saturated carbocycles. The van der Waals surface area contributed by atoms with Crippen LogP contribution in [0.5, 0.6) is 0 Å². The van der Waals surface area contributed by atoms with Crippen LogP contribution in [-0.4, -0.2) is 15.0 Å². The highest BCUT2D eigenvalue weighted by Crippen LogP contribution is 2.32.